The number of unbranched alkanes of at least 4 members (excludes halogenated alkanes) is 11. The number of likely N-dealkylation sites (N-methyl/N-ethyl adjacent to an activating group) is 1. The molecule has 274 valence electrons. The first-order valence-corrected chi connectivity index (χ1v) is 19.9. The molecule has 0 fully saturated rings. The topological polar surface area (TPSA) is 108 Å². The fourth-order valence-corrected chi connectivity index (χ4v) is 5.57. The Kier molecular flexibility index (Phi) is 29.5. The number of rotatable bonds is 32. The van der Waals surface area contributed by atoms with E-state index < -0.39 is 20.0 Å². The summed E-state index contributed by atoms with van der Waals surface area (Å²) < 4.78 is 22.9. The van der Waals surface area contributed by atoms with Crippen molar-refractivity contribution in [3.05, 3.63) is 48.6 Å². The van der Waals surface area contributed by atoms with Crippen molar-refractivity contribution in [2.75, 3.05) is 40.9 Å². The fraction of sp³-hybridized carbons (Fsp3) is 0.763. The molecule has 47 heavy (non-hydrogen) atoms. The van der Waals surface area contributed by atoms with Crippen LogP contribution in [0.5, 0.6) is 0 Å². The number of phosphoric ester groups is 1. The number of quaternary nitrogens is 1. The molecule has 0 aromatic rings. The molecule has 0 aromatic heterocycles. The minimum Gasteiger partial charge on any atom is -0.756 e. The lowest BCUT2D eigenvalue weighted by Gasteiger charge is -2.30. The second-order valence-electron chi connectivity index (χ2n) is 13.5. The quantitative estimate of drug-likeness (QED) is 0.0318. The van der Waals surface area contributed by atoms with E-state index in [2.05, 4.69) is 67.8 Å². The first-order valence-electron chi connectivity index (χ1n) is 18.5. The highest BCUT2D eigenvalue weighted by molar-refractivity contribution is 7.45. The van der Waals surface area contributed by atoms with Crippen molar-refractivity contribution in [3.63, 3.8) is 0 Å². The van der Waals surface area contributed by atoms with Crippen LogP contribution in [0.4, 0.5) is 0 Å². The monoisotopic (exact) mass is 683 g/mol. The Morgan fingerprint density at radius 1 is 0.766 bits per heavy atom. The van der Waals surface area contributed by atoms with Gasteiger partial charge in [-0.15, -0.1) is 0 Å². The van der Waals surface area contributed by atoms with Crippen LogP contribution in [-0.4, -0.2) is 68.5 Å². The van der Waals surface area contributed by atoms with Crippen LogP contribution < -0.4 is 10.2 Å². The average molecular weight is 683 g/mol. The molecule has 0 bridgehead atoms. The van der Waals surface area contributed by atoms with Gasteiger partial charge in [0.2, 0.25) is 5.91 Å². The third-order valence-electron chi connectivity index (χ3n) is 7.83. The standard InChI is InChI=1S/C38H71N2O6P/c1-6-8-10-12-13-14-15-16-17-18-19-20-21-22-23-24-25-26-27-28-30-32-38(42)39-36(37(41)31-29-11-9-7-2)35-46-47(43,44)45-34-33-40(3,4)5/h8,10,13-14,16-17,19-20,36-37,41H,6-7,9,11-12,15,18,21-35H2,1-5H3,(H-,39,42,43,44)/b10-8-,14-13-,17-16-,20-19-. The number of carbonyl (C=O) groups is 1. The van der Waals surface area contributed by atoms with Gasteiger partial charge in [0.15, 0.2) is 0 Å². The van der Waals surface area contributed by atoms with Gasteiger partial charge in [0.05, 0.1) is 39.9 Å². The molecule has 3 atom stereocenters. The van der Waals surface area contributed by atoms with E-state index >= 15 is 0 Å². The van der Waals surface area contributed by atoms with E-state index in [1.165, 1.54) is 32.1 Å². The lowest BCUT2D eigenvalue weighted by atomic mass is 10.0. The number of aliphatic hydroxyl groups excluding tert-OH is 1. The normalized spacial score (nSPS) is 15.3. The van der Waals surface area contributed by atoms with Crippen molar-refractivity contribution in [1.29, 1.82) is 0 Å². The Balaban J connectivity index is 4.15. The third kappa shape index (κ3) is 32.8. The minimum absolute atomic E-state index is 0.00685. The molecule has 9 heteroatoms. The van der Waals surface area contributed by atoms with Crippen molar-refractivity contribution in [2.45, 2.75) is 148 Å². The molecular weight excluding hydrogens is 611 g/mol. The molecule has 0 radical (unpaired) electrons. The van der Waals surface area contributed by atoms with Gasteiger partial charge < -0.3 is 28.8 Å². The minimum atomic E-state index is -4.54. The lowest BCUT2D eigenvalue weighted by molar-refractivity contribution is -0.870. The summed E-state index contributed by atoms with van der Waals surface area (Å²) in [7, 11) is 1.28. The van der Waals surface area contributed by atoms with Gasteiger partial charge in [0, 0.05) is 6.42 Å². The van der Waals surface area contributed by atoms with E-state index in [0.717, 1.165) is 77.0 Å². The van der Waals surface area contributed by atoms with Crippen LogP contribution in [0, 0.1) is 0 Å². The number of phosphoric acid groups is 1. The summed E-state index contributed by atoms with van der Waals surface area (Å²) in [6.07, 6.45) is 36.0. The summed E-state index contributed by atoms with van der Waals surface area (Å²) in [5, 5.41) is 13.6. The lowest BCUT2D eigenvalue weighted by Crippen LogP contribution is -2.46. The Morgan fingerprint density at radius 2 is 1.30 bits per heavy atom. The first-order chi connectivity index (χ1) is 22.5. The molecule has 0 aliphatic carbocycles. The number of nitrogens with zero attached hydrogens (tertiary/aromatic N) is 1. The average Bonchev–Trinajstić information content (AvgIpc) is 3.01. The predicted molar refractivity (Wildman–Crippen MR) is 196 cm³/mol. The summed E-state index contributed by atoms with van der Waals surface area (Å²) in [5.74, 6) is -0.186. The molecule has 0 spiro atoms. The van der Waals surface area contributed by atoms with Crippen molar-refractivity contribution in [2.24, 2.45) is 0 Å². The first kappa shape index (κ1) is 45.5. The highest BCUT2D eigenvalue weighted by Gasteiger charge is 2.24. The van der Waals surface area contributed by atoms with Gasteiger partial charge in [-0.1, -0.05) is 127 Å². The second kappa shape index (κ2) is 30.5. The number of hydrogen-bond acceptors (Lipinski definition) is 6. The maximum atomic E-state index is 12.7. The number of hydrogen-bond donors (Lipinski definition) is 2. The van der Waals surface area contributed by atoms with Gasteiger partial charge in [-0.25, -0.2) is 0 Å². The van der Waals surface area contributed by atoms with Crippen LogP contribution >= 0.6 is 7.82 Å². The maximum Gasteiger partial charge on any atom is 0.268 e. The Morgan fingerprint density at radius 3 is 1.87 bits per heavy atom. The molecule has 8 nitrogen and oxygen atoms in total. The summed E-state index contributed by atoms with van der Waals surface area (Å²) in [6.45, 7) is 4.44. The third-order valence-corrected chi connectivity index (χ3v) is 8.80. The molecular formula is C38H71N2O6P. The van der Waals surface area contributed by atoms with Crippen molar-refractivity contribution in [1.82, 2.24) is 5.32 Å². The van der Waals surface area contributed by atoms with Gasteiger partial charge in [-0.2, -0.15) is 0 Å². The molecule has 0 heterocycles. The van der Waals surface area contributed by atoms with Crippen LogP contribution in [0.2, 0.25) is 0 Å². The highest BCUT2D eigenvalue weighted by Crippen LogP contribution is 2.38. The summed E-state index contributed by atoms with van der Waals surface area (Å²) >= 11 is 0. The zero-order valence-corrected chi connectivity index (χ0v) is 31.6. The van der Waals surface area contributed by atoms with E-state index in [9.17, 15) is 19.4 Å². The van der Waals surface area contributed by atoms with E-state index in [0.29, 0.717) is 23.9 Å². The highest BCUT2D eigenvalue weighted by atomic mass is 31.2. The van der Waals surface area contributed by atoms with E-state index in [4.69, 9.17) is 9.05 Å². The van der Waals surface area contributed by atoms with Crippen molar-refractivity contribution < 1.29 is 32.9 Å². The largest absolute Gasteiger partial charge is 0.756 e. The van der Waals surface area contributed by atoms with Gasteiger partial charge in [0.25, 0.3) is 7.82 Å². The Labute approximate surface area is 289 Å². The summed E-state index contributed by atoms with van der Waals surface area (Å²) in [6, 6.07) is -0.801. The van der Waals surface area contributed by atoms with Gasteiger partial charge >= 0.3 is 0 Å². The van der Waals surface area contributed by atoms with E-state index in [1.807, 2.05) is 21.1 Å². The summed E-state index contributed by atoms with van der Waals surface area (Å²) in [5.41, 5.74) is 0. The molecule has 0 aliphatic heterocycles. The van der Waals surface area contributed by atoms with E-state index in [-0.39, 0.29) is 19.1 Å². The molecule has 0 aromatic carbocycles. The van der Waals surface area contributed by atoms with Crippen LogP contribution in [0.25, 0.3) is 0 Å². The van der Waals surface area contributed by atoms with Gasteiger partial charge in [-0.3, -0.25) is 9.36 Å². The van der Waals surface area contributed by atoms with Crippen LogP contribution in [0.1, 0.15) is 136 Å². The Bertz CT molecular complexity index is 912. The number of aliphatic hydroxyl groups is 1. The number of amides is 1. The number of carbonyl (C=O) groups excluding carboxylic acids is 1. The zero-order chi connectivity index (χ0) is 35.1. The second-order valence-corrected chi connectivity index (χ2v) is 15.0. The molecule has 0 saturated heterocycles. The van der Waals surface area contributed by atoms with Crippen LogP contribution in [0.3, 0.4) is 0 Å². The number of nitrogens with one attached hydrogen (secondary N) is 1. The predicted octanol–water partition coefficient (Wildman–Crippen LogP) is 8.72. The van der Waals surface area contributed by atoms with Crippen LogP contribution in [0.15, 0.2) is 48.6 Å². The van der Waals surface area contributed by atoms with Crippen LogP contribution in [-0.2, 0) is 18.4 Å². The van der Waals surface area contributed by atoms with E-state index in [1.54, 1.807) is 0 Å². The molecule has 1 amide bonds. The fourth-order valence-electron chi connectivity index (χ4n) is 4.85. The van der Waals surface area contributed by atoms with Crippen molar-refractivity contribution >= 4 is 13.7 Å². The molecule has 0 rings (SSSR count). The molecule has 0 aliphatic rings. The smallest absolute Gasteiger partial charge is 0.268 e. The molecule has 0 saturated carbocycles. The molecule has 2 N–H and O–H groups in total. The van der Waals surface area contributed by atoms with Gasteiger partial charge in [0.1, 0.15) is 13.2 Å². The summed E-state index contributed by atoms with van der Waals surface area (Å²) in [4.78, 5) is 24.9. The molecule has 3 unspecified atom stereocenters. The maximum absolute atomic E-state index is 12.7. The Hall–Kier alpha value is -1.54. The SMILES string of the molecule is CC/C=C\C/C=C\C/C=C\C/C=C\CCCCCCCCCCC(=O)NC(COP(=O)([O-])OCC[N+](C)(C)C)C(O)CCCCCC. The zero-order valence-electron chi connectivity index (χ0n) is 30.7. The van der Waals surface area contributed by atoms with Gasteiger partial charge in [-0.05, 0) is 51.4 Å². The van der Waals surface area contributed by atoms with Crippen molar-refractivity contribution in [3.8, 4) is 0 Å². The number of allylic oxidation sites excluding steroid dienone is 8.